The summed E-state index contributed by atoms with van der Waals surface area (Å²) in [5.41, 5.74) is 5.21. The molecule has 3 saturated heterocycles. The number of benzene rings is 3. The summed E-state index contributed by atoms with van der Waals surface area (Å²) in [5, 5.41) is 15.6. The maximum Gasteiger partial charge on any atom is 0.229 e. The number of aromatic nitrogens is 2. The summed E-state index contributed by atoms with van der Waals surface area (Å²) in [4.78, 5) is 21.3. The molecule has 0 unspecified atom stereocenters. The van der Waals surface area contributed by atoms with E-state index in [0.29, 0.717) is 59.0 Å². The molecule has 10 heteroatoms. The van der Waals surface area contributed by atoms with Crippen molar-refractivity contribution in [2.75, 3.05) is 13.1 Å². The summed E-state index contributed by atoms with van der Waals surface area (Å²) >= 11 is 13.1. The first-order valence-electron chi connectivity index (χ1n) is 18.3. The second kappa shape index (κ2) is 12.8. The minimum absolute atomic E-state index is 0.129. The molecule has 1 N–H and O–H groups in total. The highest BCUT2D eigenvalue weighted by Gasteiger charge is 2.53. The summed E-state index contributed by atoms with van der Waals surface area (Å²) in [6.45, 7) is 5.94. The maximum atomic E-state index is 17.2. The summed E-state index contributed by atoms with van der Waals surface area (Å²) in [7, 11) is 0. The molecule has 7 nitrogen and oxygen atoms in total. The Morgan fingerprint density at radius 1 is 1.12 bits per heavy atom. The molecule has 2 aromatic heterocycles. The van der Waals surface area contributed by atoms with E-state index in [9.17, 15) is 10.1 Å². The molecule has 266 valence electrons. The van der Waals surface area contributed by atoms with Crippen molar-refractivity contribution in [3.8, 4) is 17.2 Å². The van der Waals surface area contributed by atoms with Crippen LogP contribution in [0.3, 0.4) is 0 Å². The van der Waals surface area contributed by atoms with Gasteiger partial charge >= 0.3 is 0 Å². The number of rotatable bonds is 9. The second-order valence-electron chi connectivity index (χ2n) is 15.5. The molecular formula is C42H40Cl2FN5O2. The number of carbonyl (C=O) groups is 1. The highest BCUT2D eigenvalue weighted by atomic mass is 35.5. The molecule has 2 aliphatic carbocycles. The predicted molar refractivity (Wildman–Crippen MR) is 202 cm³/mol. The van der Waals surface area contributed by atoms with Crippen molar-refractivity contribution < 1.29 is 13.9 Å². The Bertz CT molecular complexity index is 2280. The molecule has 2 saturated carbocycles. The van der Waals surface area contributed by atoms with Gasteiger partial charge in [0.25, 0.3) is 0 Å². The average molecular weight is 737 g/mol. The number of hydrogen-bond acceptors (Lipinski definition) is 5. The summed E-state index contributed by atoms with van der Waals surface area (Å²) in [6, 6.07) is 22.1. The van der Waals surface area contributed by atoms with Gasteiger partial charge in [0.05, 0.1) is 46.4 Å². The van der Waals surface area contributed by atoms with E-state index in [1.807, 2.05) is 31.2 Å². The van der Waals surface area contributed by atoms with Gasteiger partial charge in [0.1, 0.15) is 5.52 Å². The number of nitriles is 1. The molecule has 5 heterocycles. The van der Waals surface area contributed by atoms with Gasteiger partial charge in [-0.3, -0.25) is 4.79 Å². The van der Waals surface area contributed by atoms with Crippen molar-refractivity contribution in [3.63, 3.8) is 0 Å². The first-order chi connectivity index (χ1) is 25.2. The molecule has 5 aliphatic rings. The Morgan fingerprint density at radius 2 is 1.92 bits per heavy atom. The Morgan fingerprint density at radius 3 is 2.63 bits per heavy atom. The standard InChI is InChI=1S/C42H40Cl2FN5O2/c1-23-29-19-34(33-18-27(52-22-24-8-4-3-5-9-24)21-49(33)41(51)42(2)13-14-42)50(39-26-17-32(39)47-20-26)40(29)30-16-25(10-7-15-46)35(37(45)38(30)48-23)28-11-6-12-31(43)36(28)44/h3-6,8-9,11-12,16,19,26-27,32-33,39,47H,7,10,13-14,17-18,20-22H2,1-2H3/t26-,27+,32-,33-,39+/m1/s1. The van der Waals surface area contributed by atoms with Crippen LogP contribution in [-0.2, 0) is 22.6 Å². The minimum Gasteiger partial charge on any atom is -0.372 e. The van der Waals surface area contributed by atoms with Gasteiger partial charge in [-0.15, -0.1) is 0 Å². The molecule has 0 spiro atoms. The molecule has 2 bridgehead atoms. The first kappa shape index (κ1) is 33.8. The van der Waals surface area contributed by atoms with E-state index >= 15 is 4.39 Å². The van der Waals surface area contributed by atoms with Gasteiger partial charge in [-0.05, 0) is 67.9 Å². The van der Waals surface area contributed by atoms with Crippen molar-refractivity contribution in [1.29, 1.82) is 5.26 Å². The van der Waals surface area contributed by atoms with Crippen LogP contribution in [0.5, 0.6) is 0 Å². The topological polar surface area (TPSA) is 83.2 Å². The van der Waals surface area contributed by atoms with Gasteiger partial charge < -0.3 is 19.5 Å². The fourth-order valence-electron chi connectivity index (χ4n) is 9.06. The van der Waals surface area contributed by atoms with E-state index in [1.54, 1.807) is 18.2 Å². The molecule has 3 aliphatic heterocycles. The first-order valence-corrected chi connectivity index (χ1v) is 19.1. The van der Waals surface area contributed by atoms with Crippen LogP contribution in [0.25, 0.3) is 32.9 Å². The lowest BCUT2D eigenvalue weighted by Gasteiger charge is -2.39. The highest BCUT2D eigenvalue weighted by Crippen LogP contribution is 2.53. The van der Waals surface area contributed by atoms with Crippen molar-refractivity contribution in [2.24, 2.45) is 11.3 Å². The van der Waals surface area contributed by atoms with Gasteiger partial charge in [0.2, 0.25) is 5.91 Å². The third kappa shape index (κ3) is 5.43. The number of ether oxygens (including phenoxy) is 1. The van der Waals surface area contributed by atoms with Gasteiger partial charge in [-0.1, -0.05) is 72.6 Å². The molecule has 52 heavy (non-hydrogen) atoms. The number of hydrogen-bond donors (Lipinski definition) is 1. The van der Waals surface area contributed by atoms with Crippen molar-refractivity contribution in [2.45, 2.75) is 83.2 Å². The number of nitrogens with one attached hydrogen (secondary N) is 1. The van der Waals surface area contributed by atoms with Crippen LogP contribution in [-0.4, -0.2) is 45.6 Å². The number of halogens is 3. The number of fused-ring (bicyclic) bond motifs is 4. The predicted octanol–water partition coefficient (Wildman–Crippen LogP) is 9.26. The van der Waals surface area contributed by atoms with E-state index in [2.05, 4.69) is 46.0 Å². The van der Waals surface area contributed by atoms with Gasteiger partial charge in [-0.2, -0.15) is 5.26 Å². The van der Waals surface area contributed by atoms with Crippen LogP contribution in [0.1, 0.15) is 73.6 Å². The average Bonchev–Trinajstić information content (AvgIpc) is 3.60. The van der Waals surface area contributed by atoms with Crippen LogP contribution >= 0.6 is 23.2 Å². The number of nitrogens with zero attached hydrogens (tertiary/aromatic N) is 4. The van der Waals surface area contributed by atoms with Crippen LogP contribution < -0.4 is 5.32 Å². The van der Waals surface area contributed by atoms with Crippen molar-refractivity contribution in [1.82, 2.24) is 19.8 Å². The Kier molecular flexibility index (Phi) is 8.35. The van der Waals surface area contributed by atoms with E-state index in [0.717, 1.165) is 53.7 Å². The Balaban J connectivity index is 1.24. The van der Waals surface area contributed by atoms with Gasteiger partial charge in [0.15, 0.2) is 5.82 Å². The van der Waals surface area contributed by atoms with Gasteiger partial charge in [0, 0.05) is 70.7 Å². The fraction of sp³-hybridized carbons (Fsp3) is 0.405. The van der Waals surface area contributed by atoms with Gasteiger partial charge in [-0.25, -0.2) is 9.37 Å². The normalized spacial score (nSPS) is 24.4. The molecule has 1 amide bonds. The number of aryl methyl sites for hydroxylation is 2. The largest absolute Gasteiger partial charge is 0.372 e. The number of pyridine rings is 1. The number of amides is 1. The quantitative estimate of drug-likeness (QED) is 0.163. The molecule has 5 fully saturated rings. The van der Waals surface area contributed by atoms with Crippen LogP contribution in [0.15, 0.2) is 60.7 Å². The van der Waals surface area contributed by atoms with E-state index < -0.39 is 5.82 Å². The third-order valence-corrected chi connectivity index (χ3v) is 13.0. The smallest absolute Gasteiger partial charge is 0.229 e. The summed E-state index contributed by atoms with van der Waals surface area (Å²) < 4.78 is 26.2. The lowest BCUT2D eigenvalue weighted by Crippen LogP contribution is -2.41. The molecule has 3 aromatic carbocycles. The zero-order valence-corrected chi connectivity index (χ0v) is 30.8. The van der Waals surface area contributed by atoms with Crippen molar-refractivity contribution in [3.05, 3.63) is 99.0 Å². The number of carbonyl (C=O) groups excluding carboxylic acids is 1. The van der Waals surface area contributed by atoms with Crippen molar-refractivity contribution >= 4 is 50.9 Å². The molecule has 10 rings (SSSR count). The Hall–Kier alpha value is -4.00. The second-order valence-corrected chi connectivity index (χ2v) is 16.3. The van der Waals surface area contributed by atoms with E-state index in [1.165, 1.54) is 0 Å². The third-order valence-electron chi connectivity index (χ3n) is 12.1. The Labute approximate surface area is 312 Å². The van der Waals surface area contributed by atoms with E-state index in [-0.39, 0.29) is 52.5 Å². The lowest BCUT2D eigenvalue weighted by molar-refractivity contribution is -0.138. The molecule has 5 atom stereocenters. The minimum atomic E-state index is -0.475. The zero-order valence-electron chi connectivity index (χ0n) is 29.3. The number of likely N-dealkylation sites (tertiary alicyclic amines) is 1. The van der Waals surface area contributed by atoms with E-state index in [4.69, 9.17) is 32.9 Å². The summed E-state index contributed by atoms with van der Waals surface area (Å²) in [6.07, 6.45) is 3.95. The fourth-order valence-corrected chi connectivity index (χ4v) is 9.45. The molecule has 0 radical (unpaired) electrons. The van der Waals surface area contributed by atoms with Crippen LogP contribution in [0.2, 0.25) is 10.0 Å². The summed E-state index contributed by atoms with van der Waals surface area (Å²) in [5.74, 6) is 0.131. The maximum absolute atomic E-state index is 17.2. The lowest BCUT2D eigenvalue weighted by atomic mass is 9.79. The molecular weight excluding hydrogens is 696 g/mol. The molecule has 5 aromatic rings. The zero-order chi connectivity index (χ0) is 35.9. The highest BCUT2D eigenvalue weighted by molar-refractivity contribution is 6.43. The monoisotopic (exact) mass is 735 g/mol. The van der Waals surface area contributed by atoms with Crippen LogP contribution in [0, 0.1) is 35.4 Å². The SMILES string of the molecule is Cc1nc2c(F)c(-c3cccc(Cl)c3Cl)c(CCC#N)cc2c2c1cc([C@H]1C[C@H](OCc3ccccc3)CN1C(=O)C1(C)CC1)n2[C@H]1[C@H]2CN[C@@H]1C2. The van der Waals surface area contributed by atoms with Crippen LogP contribution in [0.4, 0.5) is 4.39 Å².